The monoisotopic (exact) mass is 445 g/mol. The van der Waals surface area contributed by atoms with Crippen LogP contribution in [0.3, 0.4) is 0 Å². The highest BCUT2D eigenvalue weighted by molar-refractivity contribution is 5.83. The number of piperidine rings is 1. The number of benzene rings is 1. The quantitative estimate of drug-likeness (QED) is 0.543. The Balaban J connectivity index is 1.34. The molecule has 1 aliphatic rings. The van der Waals surface area contributed by atoms with Crippen molar-refractivity contribution in [2.75, 3.05) is 33.4 Å². The molecule has 3 heterocycles. The first-order valence-electron chi connectivity index (χ1n) is 11.5. The fraction of sp³-hybridized carbons (Fsp3) is 0.407. The summed E-state index contributed by atoms with van der Waals surface area (Å²) in [7, 11) is 1.64. The molecule has 0 spiro atoms. The number of methoxy groups -OCH3 is 1. The lowest BCUT2D eigenvalue weighted by atomic mass is 9.81. The molecule has 1 saturated heterocycles. The van der Waals surface area contributed by atoms with Crippen molar-refractivity contribution in [1.82, 2.24) is 14.9 Å². The second kappa shape index (κ2) is 11.2. The molecular formula is C27H31N3O3. The van der Waals surface area contributed by atoms with E-state index in [0.29, 0.717) is 18.9 Å². The summed E-state index contributed by atoms with van der Waals surface area (Å²) in [5.74, 6) is 7.71. The van der Waals surface area contributed by atoms with E-state index >= 15 is 0 Å². The highest BCUT2D eigenvalue weighted by Gasteiger charge is 2.29. The van der Waals surface area contributed by atoms with Gasteiger partial charge in [-0.15, -0.1) is 0 Å². The Morgan fingerprint density at radius 1 is 1.21 bits per heavy atom. The van der Waals surface area contributed by atoms with Crippen molar-refractivity contribution in [2.45, 2.75) is 25.4 Å². The van der Waals surface area contributed by atoms with E-state index in [1.165, 1.54) is 0 Å². The number of rotatable bonds is 7. The number of hydrogen-bond acceptors (Lipinski definition) is 6. The minimum Gasteiger partial charge on any atom is -0.497 e. The molecule has 1 aliphatic heterocycles. The summed E-state index contributed by atoms with van der Waals surface area (Å²) in [6.07, 6.45) is 7.20. The molecule has 172 valence electrons. The minimum absolute atomic E-state index is 0.155. The van der Waals surface area contributed by atoms with Crippen molar-refractivity contribution < 1.29 is 14.9 Å². The first-order valence-corrected chi connectivity index (χ1v) is 11.5. The van der Waals surface area contributed by atoms with Crippen LogP contribution in [0.5, 0.6) is 5.75 Å². The highest BCUT2D eigenvalue weighted by atomic mass is 16.5. The Morgan fingerprint density at radius 3 is 2.91 bits per heavy atom. The molecule has 1 unspecified atom stereocenters. The molecule has 0 radical (unpaired) electrons. The summed E-state index contributed by atoms with van der Waals surface area (Å²) in [6.45, 7) is 2.62. The SMILES string of the molecule is COc1ccc2nccc(C(O)CC[C@@H]3CCN(CC#Cc4cccnc4)C[C@@H]3CO)c2c1. The molecule has 2 aromatic heterocycles. The van der Waals surface area contributed by atoms with Crippen molar-refractivity contribution in [3.8, 4) is 17.6 Å². The van der Waals surface area contributed by atoms with Crippen LogP contribution >= 0.6 is 0 Å². The maximum Gasteiger partial charge on any atom is 0.119 e. The van der Waals surface area contributed by atoms with Crippen LogP contribution < -0.4 is 4.74 Å². The molecule has 3 atom stereocenters. The second-order valence-electron chi connectivity index (χ2n) is 8.65. The Morgan fingerprint density at radius 2 is 2.12 bits per heavy atom. The number of ether oxygens (including phenoxy) is 1. The average molecular weight is 446 g/mol. The number of likely N-dealkylation sites (tertiary alicyclic amines) is 1. The third-order valence-corrected chi connectivity index (χ3v) is 6.56. The third-order valence-electron chi connectivity index (χ3n) is 6.56. The van der Waals surface area contributed by atoms with Gasteiger partial charge in [-0.3, -0.25) is 14.9 Å². The van der Waals surface area contributed by atoms with E-state index in [1.807, 2.05) is 36.4 Å². The van der Waals surface area contributed by atoms with Gasteiger partial charge in [-0.05, 0) is 79.6 Å². The number of aromatic nitrogens is 2. The van der Waals surface area contributed by atoms with Gasteiger partial charge >= 0.3 is 0 Å². The van der Waals surface area contributed by atoms with Gasteiger partial charge in [0.25, 0.3) is 0 Å². The summed E-state index contributed by atoms with van der Waals surface area (Å²) in [4.78, 5) is 10.8. The Labute approximate surface area is 195 Å². The zero-order valence-electron chi connectivity index (χ0n) is 19.0. The summed E-state index contributed by atoms with van der Waals surface area (Å²) in [6, 6.07) is 11.5. The predicted molar refractivity (Wildman–Crippen MR) is 129 cm³/mol. The Hall–Kier alpha value is -2.98. The van der Waals surface area contributed by atoms with Crippen LogP contribution in [-0.4, -0.2) is 58.4 Å². The number of aliphatic hydroxyl groups is 2. The van der Waals surface area contributed by atoms with Gasteiger partial charge in [0.1, 0.15) is 5.75 Å². The zero-order valence-corrected chi connectivity index (χ0v) is 19.0. The van der Waals surface area contributed by atoms with Crippen LogP contribution in [0.15, 0.2) is 55.0 Å². The Bertz CT molecular complexity index is 1110. The smallest absolute Gasteiger partial charge is 0.119 e. The maximum atomic E-state index is 11.0. The highest BCUT2D eigenvalue weighted by Crippen LogP contribution is 2.33. The van der Waals surface area contributed by atoms with Crippen LogP contribution in [0.4, 0.5) is 0 Å². The molecule has 0 saturated carbocycles. The third kappa shape index (κ3) is 5.88. The van der Waals surface area contributed by atoms with E-state index in [2.05, 4.69) is 26.7 Å². The van der Waals surface area contributed by atoms with E-state index in [4.69, 9.17) is 4.74 Å². The molecule has 1 aromatic carbocycles. The Kier molecular flexibility index (Phi) is 7.90. The van der Waals surface area contributed by atoms with Gasteiger partial charge in [0.2, 0.25) is 0 Å². The summed E-state index contributed by atoms with van der Waals surface area (Å²) >= 11 is 0. The van der Waals surface area contributed by atoms with E-state index in [0.717, 1.165) is 53.7 Å². The molecule has 3 aromatic rings. The molecule has 6 heteroatoms. The van der Waals surface area contributed by atoms with E-state index in [1.54, 1.807) is 25.7 Å². The van der Waals surface area contributed by atoms with Crippen LogP contribution in [0.2, 0.25) is 0 Å². The molecule has 1 fully saturated rings. The zero-order chi connectivity index (χ0) is 23.0. The van der Waals surface area contributed by atoms with Gasteiger partial charge < -0.3 is 14.9 Å². The van der Waals surface area contributed by atoms with E-state index in [9.17, 15) is 10.2 Å². The van der Waals surface area contributed by atoms with Gasteiger partial charge in [0.15, 0.2) is 0 Å². The summed E-state index contributed by atoms with van der Waals surface area (Å²) in [5.41, 5.74) is 2.64. The number of hydrogen-bond donors (Lipinski definition) is 2. The van der Waals surface area contributed by atoms with Crippen molar-refractivity contribution in [2.24, 2.45) is 11.8 Å². The number of nitrogens with zero attached hydrogens (tertiary/aromatic N) is 3. The summed E-state index contributed by atoms with van der Waals surface area (Å²) in [5, 5.41) is 21.9. The van der Waals surface area contributed by atoms with Crippen molar-refractivity contribution in [3.05, 3.63) is 66.1 Å². The van der Waals surface area contributed by atoms with Crippen molar-refractivity contribution in [3.63, 3.8) is 0 Å². The first-order chi connectivity index (χ1) is 16.2. The van der Waals surface area contributed by atoms with Crippen LogP contribution in [0, 0.1) is 23.7 Å². The largest absolute Gasteiger partial charge is 0.497 e. The average Bonchev–Trinajstić information content (AvgIpc) is 2.87. The molecule has 33 heavy (non-hydrogen) atoms. The number of pyridine rings is 2. The standard InChI is InChI=1S/C27H31N3O3/c1-33-23-7-8-26-25(16-23)24(10-13-29-26)27(32)9-6-21-11-15-30(18-22(21)19-31)14-3-5-20-4-2-12-28-17-20/h2,4,7-8,10,12-13,16-17,21-22,27,31-32H,6,9,11,14-15,18-19H2,1H3/t21-,22-,27?/m1/s1. The normalized spacial score (nSPS) is 19.6. The lowest BCUT2D eigenvalue weighted by molar-refractivity contribution is 0.0640. The minimum atomic E-state index is -0.578. The number of fused-ring (bicyclic) bond motifs is 1. The van der Waals surface area contributed by atoms with Crippen molar-refractivity contribution >= 4 is 10.9 Å². The van der Waals surface area contributed by atoms with Gasteiger partial charge in [-0.2, -0.15) is 0 Å². The maximum absolute atomic E-state index is 11.0. The van der Waals surface area contributed by atoms with E-state index < -0.39 is 6.10 Å². The molecule has 0 bridgehead atoms. The lowest BCUT2D eigenvalue weighted by Gasteiger charge is -2.37. The molecular weight excluding hydrogens is 414 g/mol. The van der Waals surface area contributed by atoms with Crippen molar-refractivity contribution in [1.29, 1.82) is 0 Å². The van der Waals surface area contributed by atoms with Gasteiger partial charge in [-0.1, -0.05) is 11.8 Å². The van der Waals surface area contributed by atoms with Crippen LogP contribution in [-0.2, 0) is 0 Å². The second-order valence-corrected chi connectivity index (χ2v) is 8.65. The fourth-order valence-corrected chi connectivity index (χ4v) is 4.67. The van der Waals surface area contributed by atoms with E-state index in [-0.39, 0.29) is 12.5 Å². The van der Waals surface area contributed by atoms with Crippen LogP contribution in [0.25, 0.3) is 10.9 Å². The summed E-state index contributed by atoms with van der Waals surface area (Å²) < 4.78 is 5.35. The molecule has 2 N–H and O–H groups in total. The predicted octanol–water partition coefficient (Wildman–Crippen LogP) is 3.43. The van der Waals surface area contributed by atoms with Crippen LogP contribution in [0.1, 0.15) is 36.5 Å². The topological polar surface area (TPSA) is 78.7 Å². The molecule has 6 nitrogen and oxygen atoms in total. The van der Waals surface area contributed by atoms with Gasteiger partial charge in [0.05, 0.1) is 25.3 Å². The first kappa shape index (κ1) is 23.2. The molecule has 4 rings (SSSR count). The van der Waals surface area contributed by atoms with Gasteiger partial charge in [-0.25, -0.2) is 0 Å². The lowest BCUT2D eigenvalue weighted by Crippen LogP contribution is -2.42. The fourth-order valence-electron chi connectivity index (χ4n) is 4.67. The number of aliphatic hydroxyl groups excluding tert-OH is 2. The molecule has 0 aliphatic carbocycles. The van der Waals surface area contributed by atoms with Gasteiger partial charge in [0, 0.05) is 42.7 Å². The molecule has 0 amide bonds.